The van der Waals surface area contributed by atoms with E-state index in [1.807, 2.05) is 0 Å². The van der Waals surface area contributed by atoms with Crippen LogP contribution in [0.5, 0.6) is 0 Å². The fourth-order valence-corrected chi connectivity index (χ4v) is 11.5. The van der Waals surface area contributed by atoms with Gasteiger partial charge in [0.2, 0.25) is 0 Å². The van der Waals surface area contributed by atoms with E-state index < -0.39 is 0 Å². The van der Waals surface area contributed by atoms with Gasteiger partial charge in [0, 0.05) is 66.1 Å². The van der Waals surface area contributed by atoms with Gasteiger partial charge in [-0.15, -0.1) is 0 Å². The van der Waals surface area contributed by atoms with Crippen LogP contribution in [-0.4, -0.2) is 9.55 Å². The minimum atomic E-state index is -0.124. The highest BCUT2D eigenvalue weighted by molar-refractivity contribution is 6.29. The average Bonchev–Trinajstić information content (AvgIpc) is 3.88. The van der Waals surface area contributed by atoms with Crippen molar-refractivity contribution in [3.63, 3.8) is 0 Å². The molecule has 0 spiro atoms. The first-order valence-corrected chi connectivity index (χ1v) is 22.5. The molecule has 13 rings (SSSR count). The van der Waals surface area contributed by atoms with Gasteiger partial charge in [-0.1, -0.05) is 161 Å². The molecule has 2 aromatic heterocycles. The van der Waals surface area contributed by atoms with E-state index in [1.54, 1.807) is 0 Å². The van der Waals surface area contributed by atoms with Gasteiger partial charge in [0.25, 0.3) is 0 Å². The lowest BCUT2D eigenvalue weighted by molar-refractivity contribution is 0.660. The number of aromatic nitrogens is 2. The third-order valence-electron chi connectivity index (χ3n) is 14.6. The van der Waals surface area contributed by atoms with Crippen molar-refractivity contribution in [3.05, 3.63) is 222 Å². The summed E-state index contributed by atoms with van der Waals surface area (Å²) >= 11 is 0. The Morgan fingerprint density at radius 3 is 1.58 bits per heavy atom. The van der Waals surface area contributed by atoms with Gasteiger partial charge in [0.15, 0.2) is 0 Å². The molecule has 2 aliphatic rings. The maximum Gasteiger partial charge on any atom is 0.0788 e. The highest BCUT2D eigenvalue weighted by atomic mass is 15.1. The zero-order chi connectivity index (χ0) is 42.9. The number of anilines is 3. The smallest absolute Gasteiger partial charge is 0.0788 e. The Morgan fingerprint density at radius 2 is 0.922 bits per heavy atom. The Kier molecular flexibility index (Phi) is 7.71. The highest BCUT2D eigenvalue weighted by Crippen LogP contribution is 2.53. The quantitative estimate of drug-likeness (QED) is 0.161. The molecule has 304 valence electrons. The number of pyridine rings is 1. The summed E-state index contributed by atoms with van der Waals surface area (Å²) in [4.78, 5) is 7.90. The Bertz CT molecular complexity index is 3610. The second-order valence-corrected chi connectivity index (χ2v) is 18.7. The summed E-state index contributed by atoms with van der Waals surface area (Å²) in [7, 11) is 0. The van der Waals surface area contributed by atoms with Crippen molar-refractivity contribution in [3.8, 4) is 39.2 Å². The first-order valence-electron chi connectivity index (χ1n) is 22.5. The van der Waals surface area contributed by atoms with Crippen LogP contribution < -0.4 is 4.90 Å². The van der Waals surface area contributed by atoms with Crippen LogP contribution in [0.1, 0.15) is 49.9 Å². The topological polar surface area (TPSA) is 21.1 Å². The summed E-state index contributed by atoms with van der Waals surface area (Å²) in [6.45, 7) is 9.46. The van der Waals surface area contributed by atoms with E-state index in [9.17, 15) is 0 Å². The summed E-state index contributed by atoms with van der Waals surface area (Å²) in [6.07, 6.45) is 0. The van der Waals surface area contributed by atoms with Crippen LogP contribution in [0.15, 0.2) is 200 Å². The number of benzene rings is 9. The van der Waals surface area contributed by atoms with E-state index in [0.717, 1.165) is 50.3 Å². The van der Waals surface area contributed by atoms with Crippen LogP contribution in [0.3, 0.4) is 0 Å². The maximum absolute atomic E-state index is 5.45. The summed E-state index contributed by atoms with van der Waals surface area (Å²) in [5.74, 6) is 0. The highest BCUT2D eigenvalue weighted by Gasteiger charge is 2.38. The van der Waals surface area contributed by atoms with Gasteiger partial charge in [-0.05, 0) is 111 Å². The first-order chi connectivity index (χ1) is 31.3. The molecule has 0 atom stereocenters. The number of hydrogen-bond donors (Lipinski definition) is 0. The van der Waals surface area contributed by atoms with Crippen molar-refractivity contribution in [2.24, 2.45) is 0 Å². The lowest BCUT2D eigenvalue weighted by atomic mass is 9.82. The van der Waals surface area contributed by atoms with Crippen molar-refractivity contribution < 1.29 is 0 Å². The van der Waals surface area contributed by atoms with Gasteiger partial charge >= 0.3 is 0 Å². The Morgan fingerprint density at radius 1 is 0.391 bits per heavy atom. The van der Waals surface area contributed by atoms with E-state index >= 15 is 0 Å². The Hall–Kier alpha value is -7.75. The van der Waals surface area contributed by atoms with Crippen LogP contribution in [-0.2, 0) is 10.8 Å². The molecule has 64 heavy (non-hydrogen) atoms. The van der Waals surface area contributed by atoms with Gasteiger partial charge in [-0.2, -0.15) is 0 Å². The average molecular weight is 820 g/mol. The molecule has 3 nitrogen and oxygen atoms in total. The van der Waals surface area contributed by atoms with Crippen molar-refractivity contribution >= 4 is 60.5 Å². The number of hydrogen-bond acceptors (Lipinski definition) is 2. The monoisotopic (exact) mass is 819 g/mol. The predicted molar refractivity (Wildman–Crippen MR) is 269 cm³/mol. The largest absolute Gasteiger partial charge is 0.310 e. The van der Waals surface area contributed by atoms with Crippen LogP contribution in [0.4, 0.5) is 17.1 Å². The summed E-state index contributed by atoms with van der Waals surface area (Å²) in [6, 6.07) is 73.9. The third kappa shape index (κ3) is 5.12. The molecule has 0 amide bonds. The fraction of sp³-hybridized carbons (Fsp3) is 0.0984. The molecule has 0 aliphatic heterocycles. The molecule has 2 aliphatic carbocycles. The molecule has 0 radical (unpaired) electrons. The maximum atomic E-state index is 5.45. The summed E-state index contributed by atoms with van der Waals surface area (Å²) in [5.41, 5.74) is 20.5. The number of nitrogens with zero attached hydrogens (tertiary/aromatic N) is 3. The minimum Gasteiger partial charge on any atom is -0.310 e. The zero-order valence-corrected chi connectivity index (χ0v) is 36.4. The molecule has 0 saturated heterocycles. The fourth-order valence-electron chi connectivity index (χ4n) is 11.5. The normalized spacial score (nSPS) is 14.2. The molecule has 0 bridgehead atoms. The predicted octanol–water partition coefficient (Wildman–Crippen LogP) is 16.2. The number of fused-ring (bicyclic) bond motifs is 13. The van der Waals surface area contributed by atoms with E-state index in [2.05, 4.69) is 237 Å². The van der Waals surface area contributed by atoms with Crippen molar-refractivity contribution in [2.45, 2.75) is 38.5 Å². The van der Waals surface area contributed by atoms with Crippen LogP contribution in [0.2, 0.25) is 0 Å². The molecule has 0 unspecified atom stereocenters. The van der Waals surface area contributed by atoms with Crippen molar-refractivity contribution in [2.75, 3.05) is 4.90 Å². The first kappa shape index (κ1) is 36.9. The molecule has 0 fully saturated rings. The SMILES string of the molecule is CC1(C)c2ccccc2-c2ccc(N(c3ccc(-c4nc5ccccc5c5c4ccc4c5c5ccccc5n4-c4ccccc4)cc3)c3ccc4c(c3)C(C)(C)c3ccccc3-4)cc21. The Balaban J connectivity index is 1.00. The molecule has 9 aromatic carbocycles. The van der Waals surface area contributed by atoms with Gasteiger partial charge < -0.3 is 9.47 Å². The molecule has 2 heterocycles. The summed E-state index contributed by atoms with van der Waals surface area (Å²) < 4.78 is 2.40. The third-order valence-corrected chi connectivity index (χ3v) is 14.6. The molecular weight excluding hydrogens is 775 g/mol. The summed E-state index contributed by atoms with van der Waals surface area (Å²) in [5, 5.41) is 6.03. The van der Waals surface area contributed by atoms with Crippen LogP contribution in [0, 0.1) is 0 Å². The van der Waals surface area contributed by atoms with Crippen molar-refractivity contribution in [1.82, 2.24) is 9.55 Å². The van der Waals surface area contributed by atoms with Gasteiger partial charge in [0.05, 0.1) is 22.2 Å². The van der Waals surface area contributed by atoms with E-state index in [4.69, 9.17) is 4.98 Å². The molecule has 3 heteroatoms. The molecule has 0 saturated carbocycles. The van der Waals surface area contributed by atoms with Gasteiger partial charge in [0.1, 0.15) is 0 Å². The van der Waals surface area contributed by atoms with Crippen LogP contribution >= 0.6 is 0 Å². The number of rotatable bonds is 5. The molecule has 0 N–H and O–H groups in total. The molecular formula is C61H45N3. The Labute approximate surface area is 373 Å². The lowest BCUT2D eigenvalue weighted by Gasteiger charge is -2.30. The standard InChI is InChI=1S/C61H45N3/c1-60(2)50-22-12-8-18-43(50)45-32-30-41(36-52(45)60)63(42-31-33-46-44-19-9-13-23-51(44)61(3,4)53(46)37-42)40-28-26-38(27-29-40)59-49-34-35-56-58(57(49)47-20-10-14-24-54(47)62-59)48-21-11-15-25-55(48)64(56)39-16-6-5-7-17-39/h5-37H,1-4H3. The second-order valence-electron chi connectivity index (χ2n) is 18.7. The second kappa shape index (κ2) is 13.4. The lowest BCUT2D eigenvalue weighted by Crippen LogP contribution is -2.18. The molecule has 11 aromatic rings. The van der Waals surface area contributed by atoms with Gasteiger partial charge in [-0.25, -0.2) is 4.98 Å². The van der Waals surface area contributed by atoms with E-state index in [1.165, 1.54) is 71.7 Å². The minimum absolute atomic E-state index is 0.124. The van der Waals surface area contributed by atoms with E-state index in [0.29, 0.717) is 0 Å². The zero-order valence-electron chi connectivity index (χ0n) is 36.4. The van der Waals surface area contributed by atoms with Crippen LogP contribution in [0.25, 0.3) is 82.7 Å². The van der Waals surface area contributed by atoms with E-state index in [-0.39, 0.29) is 10.8 Å². The van der Waals surface area contributed by atoms with Crippen molar-refractivity contribution in [1.29, 1.82) is 0 Å². The number of para-hydroxylation sites is 3. The van der Waals surface area contributed by atoms with Gasteiger partial charge in [-0.3, -0.25) is 0 Å².